The van der Waals surface area contributed by atoms with Crippen molar-refractivity contribution in [3.05, 3.63) is 58.7 Å². The molecule has 0 fully saturated rings. The SMILES string of the molecule is CCCN1CCCc2cc(CCNC(=O)C(=O)Nc3cc(C)cc(C)c3)ccc21. The molecule has 1 heterocycles. The minimum atomic E-state index is -0.629. The molecular weight excluding hydrogens is 362 g/mol. The number of carbonyl (C=O) groups is 2. The number of carbonyl (C=O) groups excluding carboxylic acids is 2. The predicted octanol–water partition coefficient (Wildman–Crippen LogP) is 3.76. The Balaban J connectivity index is 1.51. The minimum absolute atomic E-state index is 0.441. The lowest BCUT2D eigenvalue weighted by molar-refractivity contribution is -0.136. The maximum Gasteiger partial charge on any atom is 0.313 e. The minimum Gasteiger partial charge on any atom is -0.371 e. The molecule has 0 spiro atoms. The maximum atomic E-state index is 12.1. The second kappa shape index (κ2) is 9.59. The third kappa shape index (κ3) is 5.59. The highest BCUT2D eigenvalue weighted by Gasteiger charge is 2.17. The molecule has 0 atom stereocenters. The summed E-state index contributed by atoms with van der Waals surface area (Å²) in [5, 5.41) is 5.40. The molecule has 0 aliphatic carbocycles. The van der Waals surface area contributed by atoms with Crippen molar-refractivity contribution in [2.45, 2.75) is 46.5 Å². The molecule has 0 aromatic heterocycles. The average Bonchev–Trinajstić information content (AvgIpc) is 2.67. The van der Waals surface area contributed by atoms with Gasteiger partial charge in [0.15, 0.2) is 0 Å². The largest absolute Gasteiger partial charge is 0.371 e. The molecule has 0 saturated carbocycles. The molecule has 0 radical (unpaired) electrons. The summed E-state index contributed by atoms with van der Waals surface area (Å²) in [4.78, 5) is 26.7. The van der Waals surface area contributed by atoms with Crippen molar-refractivity contribution in [2.75, 3.05) is 29.9 Å². The summed E-state index contributed by atoms with van der Waals surface area (Å²) in [5.41, 5.74) is 6.67. The van der Waals surface area contributed by atoms with Crippen LogP contribution in [-0.2, 0) is 22.4 Å². The highest BCUT2D eigenvalue weighted by molar-refractivity contribution is 6.39. The van der Waals surface area contributed by atoms with Gasteiger partial charge in [-0.15, -0.1) is 0 Å². The number of fused-ring (bicyclic) bond motifs is 1. The van der Waals surface area contributed by atoms with E-state index in [0.717, 1.165) is 37.1 Å². The first kappa shape index (κ1) is 20.9. The number of nitrogens with zero attached hydrogens (tertiary/aromatic N) is 1. The van der Waals surface area contributed by atoms with Crippen LogP contribution >= 0.6 is 0 Å². The third-order valence-electron chi connectivity index (χ3n) is 5.24. The van der Waals surface area contributed by atoms with Gasteiger partial charge in [0.25, 0.3) is 0 Å². The molecule has 2 N–H and O–H groups in total. The van der Waals surface area contributed by atoms with Crippen molar-refractivity contribution in [3.63, 3.8) is 0 Å². The van der Waals surface area contributed by atoms with Gasteiger partial charge in [0.2, 0.25) is 0 Å². The Morgan fingerprint density at radius 2 is 1.79 bits per heavy atom. The van der Waals surface area contributed by atoms with Crippen molar-refractivity contribution >= 4 is 23.2 Å². The summed E-state index contributed by atoms with van der Waals surface area (Å²) in [6.45, 7) is 8.80. The molecule has 1 aliphatic heterocycles. The molecule has 0 saturated heterocycles. The van der Waals surface area contributed by atoms with E-state index >= 15 is 0 Å². The smallest absolute Gasteiger partial charge is 0.313 e. The number of rotatable bonds is 6. The van der Waals surface area contributed by atoms with Gasteiger partial charge in [-0.3, -0.25) is 9.59 Å². The van der Waals surface area contributed by atoms with Crippen molar-refractivity contribution in [1.29, 1.82) is 0 Å². The Bertz CT molecular complexity index is 871. The second-order valence-electron chi connectivity index (χ2n) is 7.89. The van der Waals surface area contributed by atoms with E-state index in [0.29, 0.717) is 18.7 Å². The van der Waals surface area contributed by atoms with Gasteiger partial charge in [-0.2, -0.15) is 0 Å². The Kier molecular flexibility index (Phi) is 6.91. The normalized spacial score (nSPS) is 13.0. The number of nitrogens with one attached hydrogen (secondary N) is 2. The van der Waals surface area contributed by atoms with E-state index in [-0.39, 0.29) is 0 Å². The second-order valence-corrected chi connectivity index (χ2v) is 7.89. The van der Waals surface area contributed by atoms with Gasteiger partial charge in [-0.1, -0.05) is 25.1 Å². The first-order chi connectivity index (χ1) is 14.0. The Labute approximate surface area is 173 Å². The first-order valence-electron chi connectivity index (χ1n) is 10.5. The van der Waals surface area contributed by atoms with E-state index in [4.69, 9.17) is 0 Å². The number of aryl methyl sites for hydroxylation is 3. The zero-order valence-electron chi connectivity index (χ0n) is 17.7. The fourth-order valence-electron chi connectivity index (χ4n) is 4.02. The number of hydrogen-bond acceptors (Lipinski definition) is 3. The monoisotopic (exact) mass is 393 g/mol. The molecule has 2 aromatic rings. The molecule has 2 aromatic carbocycles. The van der Waals surface area contributed by atoms with Crippen LogP contribution in [0, 0.1) is 13.8 Å². The van der Waals surface area contributed by atoms with Crippen LogP contribution in [0.2, 0.25) is 0 Å². The summed E-state index contributed by atoms with van der Waals surface area (Å²) < 4.78 is 0. The lowest BCUT2D eigenvalue weighted by atomic mass is 9.98. The standard InChI is InChI=1S/C24H31N3O2/c1-4-11-27-12-5-6-20-16-19(7-8-22(20)27)9-10-25-23(28)24(29)26-21-14-17(2)13-18(3)15-21/h7-8,13-16H,4-6,9-12H2,1-3H3,(H,25,28)(H,26,29). The van der Waals surface area contributed by atoms with Crippen LogP contribution in [0.25, 0.3) is 0 Å². The quantitative estimate of drug-likeness (QED) is 0.735. The summed E-state index contributed by atoms with van der Waals surface area (Å²) >= 11 is 0. The van der Waals surface area contributed by atoms with Gasteiger partial charge in [-0.25, -0.2) is 0 Å². The molecule has 154 valence electrons. The third-order valence-corrected chi connectivity index (χ3v) is 5.24. The van der Waals surface area contributed by atoms with E-state index in [1.54, 1.807) is 0 Å². The van der Waals surface area contributed by atoms with E-state index in [1.807, 2.05) is 32.0 Å². The van der Waals surface area contributed by atoms with Crippen molar-refractivity contribution in [2.24, 2.45) is 0 Å². The zero-order valence-corrected chi connectivity index (χ0v) is 17.7. The molecule has 0 unspecified atom stereocenters. The molecule has 0 bridgehead atoms. The van der Waals surface area contributed by atoms with Crippen LogP contribution in [-0.4, -0.2) is 31.4 Å². The molecule has 5 heteroatoms. The summed E-state index contributed by atoms with van der Waals surface area (Å²) in [6.07, 6.45) is 4.15. The average molecular weight is 394 g/mol. The molecular formula is C24H31N3O2. The van der Waals surface area contributed by atoms with E-state index < -0.39 is 11.8 Å². The van der Waals surface area contributed by atoms with Gasteiger partial charge in [0, 0.05) is 31.0 Å². The van der Waals surface area contributed by atoms with E-state index in [1.165, 1.54) is 23.2 Å². The van der Waals surface area contributed by atoms with Crippen LogP contribution in [0.1, 0.15) is 42.0 Å². The van der Waals surface area contributed by atoms with Crippen LogP contribution < -0.4 is 15.5 Å². The number of hydrogen-bond donors (Lipinski definition) is 2. The Morgan fingerprint density at radius 1 is 1.03 bits per heavy atom. The summed E-state index contributed by atoms with van der Waals surface area (Å²) in [5.74, 6) is -1.23. The molecule has 2 amide bonds. The van der Waals surface area contributed by atoms with E-state index in [2.05, 4.69) is 40.7 Å². The topological polar surface area (TPSA) is 61.4 Å². The van der Waals surface area contributed by atoms with Gasteiger partial charge in [-0.05, 0) is 80.0 Å². The lowest BCUT2D eigenvalue weighted by Gasteiger charge is -2.31. The summed E-state index contributed by atoms with van der Waals surface area (Å²) in [6, 6.07) is 12.3. The van der Waals surface area contributed by atoms with Crippen LogP contribution in [0.3, 0.4) is 0 Å². The first-order valence-corrected chi connectivity index (χ1v) is 10.5. The fraction of sp³-hybridized carbons (Fsp3) is 0.417. The molecule has 29 heavy (non-hydrogen) atoms. The fourth-order valence-corrected chi connectivity index (χ4v) is 4.02. The highest BCUT2D eigenvalue weighted by atomic mass is 16.2. The zero-order chi connectivity index (χ0) is 20.8. The van der Waals surface area contributed by atoms with Crippen molar-refractivity contribution in [3.8, 4) is 0 Å². The van der Waals surface area contributed by atoms with Crippen molar-refractivity contribution in [1.82, 2.24) is 5.32 Å². The van der Waals surface area contributed by atoms with Crippen LogP contribution in [0.4, 0.5) is 11.4 Å². The Hall–Kier alpha value is -2.82. The molecule has 1 aliphatic rings. The summed E-state index contributed by atoms with van der Waals surface area (Å²) in [7, 11) is 0. The molecule has 5 nitrogen and oxygen atoms in total. The van der Waals surface area contributed by atoms with Crippen molar-refractivity contribution < 1.29 is 9.59 Å². The predicted molar refractivity (Wildman–Crippen MR) is 119 cm³/mol. The van der Waals surface area contributed by atoms with Gasteiger partial charge in [0.1, 0.15) is 0 Å². The lowest BCUT2D eigenvalue weighted by Crippen LogP contribution is -2.36. The van der Waals surface area contributed by atoms with Gasteiger partial charge >= 0.3 is 11.8 Å². The van der Waals surface area contributed by atoms with Gasteiger partial charge < -0.3 is 15.5 Å². The number of amides is 2. The highest BCUT2D eigenvalue weighted by Crippen LogP contribution is 2.28. The van der Waals surface area contributed by atoms with Crippen LogP contribution in [0.5, 0.6) is 0 Å². The van der Waals surface area contributed by atoms with Gasteiger partial charge in [0.05, 0.1) is 0 Å². The van der Waals surface area contributed by atoms with E-state index in [9.17, 15) is 9.59 Å². The number of benzene rings is 2. The maximum absolute atomic E-state index is 12.1. The number of anilines is 2. The Morgan fingerprint density at radius 3 is 2.52 bits per heavy atom. The molecule has 3 rings (SSSR count). The van der Waals surface area contributed by atoms with Crippen LogP contribution in [0.15, 0.2) is 36.4 Å².